The van der Waals surface area contributed by atoms with Crippen LogP contribution in [0, 0.1) is 0 Å². The fourth-order valence-electron chi connectivity index (χ4n) is 3.23. The third-order valence-corrected chi connectivity index (χ3v) is 4.98. The molecule has 3 aromatic rings. The highest BCUT2D eigenvalue weighted by molar-refractivity contribution is 9.10. The summed E-state index contributed by atoms with van der Waals surface area (Å²) in [7, 11) is 0. The number of hydrogen-bond acceptors (Lipinski definition) is 6. The first kappa shape index (κ1) is 19.1. The zero-order valence-electron chi connectivity index (χ0n) is 15.7. The summed E-state index contributed by atoms with van der Waals surface area (Å²) in [5.74, 6) is 0.643. The second kappa shape index (κ2) is 8.00. The number of rotatable bonds is 5. The van der Waals surface area contributed by atoms with Crippen LogP contribution >= 0.6 is 15.9 Å². The van der Waals surface area contributed by atoms with Crippen LogP contribution in [0.15, 0.2) is 77.2 Å². The molecule has 1 aliphatic heterocycles. The molecule has 0 aliphatic carbocycles. The number of anilines is 1. The lowest BCUT2D eigenvalue weighted by Gasteiger charge is -2.28. The van der Waals surface area contributed by atoms with E-state index in [1.807, 2.05) is 43.3 Å². The number of nitrogens with zero attached hydrogens (tertiary/aromatic N) is 4. The van der Waals surface area contributed by atoms with Gasteiger partial charge in [-0.2, -0.15) is 4.98 Å². The summed E-state index contributed by atoms with van der Waals surface area (Å²) in [5, 5.41) is 7.86. The molecule has 0 spiro atoms. The highest BCUT2D eigenvalue weighted by Crippen LogP contribution is 2.37. The molecule has 29 heavy (non-hydrogen) atoms. The number of nitrogens with one attached hydrogen (secondary N) is 1. The smallest absolute Gasteiger partial charge is 0.338 e. The van der Waals surface area contributed by atoms with Gasteiger partial charge >= 0.3 is 5.97 Å². The Labute approximate surface area is 176 Å². The van der Waals surface area contributed by atoms with E-state index in [0.29, 0.717) is 23.0 Å². The molecule has 0 bridgehead atoms. The fraction of sp³-hybridized carbons (Fsp3) is 0.143. The number of allylic oxidation sites excluding steroid dienone is 1. The molecule has 1 aromatic carbocycles. The molecule has 0 fully saturated rings. The highest BCUT2D eigenvalue weighted by Gasteiger charge is 2.35. The van der Waals surface area contributed by atoms with E-state index in [1.54, 1.807) is 23.2 Å². The van der Waals surface area contributed by atoms with Crippen LogP contribution < -0.4 is 5.32 Å². The zero-order valence-corrected chi connectivity index (χ0v) is 17.3. The largest absolute Gasteiger partial charge is 0.458 e. The van der Waals surface area contributed by atoms with Gasteiger partial charge in [0.2, 0.25) is 5.95 Å². The minimum atomic E-state index is -0.487. The Morgan fingerprint density at radius 3 is 2.97 bits per heavy atom. The van der Waals surface area contributed by atoms with Crippen molar-refractivity contribution in [2.75, 3.05) is 11.9 Å². The predicted octanol–water partition coefficient (Wildman–Crippen LogP) is 4.12. The lowest BCUT2D eigenvalue weighted by Crippen LogP contribution is -2.29. The first-order valence-corrected chi connectivity index (χ1v) is 9.76. The first-order chi connectivity index (χ1) is 14.1. The molecule has 0 unspecified atom stereocenters. The van der Waals surface area contributed by atoms with E-state index < -0.39 is 12.0 Å². The number of ether oxygens (including phenoxy) is 1. The molecule has 8 heteroatoms. The van der Waals surface area contributed by atoms with Crippen molar-refractivity contribution in [2.45, 2.75) is 13.0 Å². The Kier molecular flexibility index (Phi) is 5.26. The molecule has 1 N–H and O–H groups in total. The third kappa shape index (κ3) is 3.71. The highest BCUT2D eigenvalue weighted by atomic mass is 79.9. The summed E-state index contributed by atoms with van der Waals surface area (Å²) < 4.78 is 7.96. The Morgan fingerprint density at radius 2 is 2.24 bits per heavy atom. The van der Waals surface area contributed by atoms with E-state index in [2.05, 4.69) is 42.9 Å². The van der Waals surface area contributed by atoms with Gasteiger partial charge in [0.05, 0.1) is 5.57 Å². The topological polar surface area (TPSA) is 81.9 Å². The minimum Gasteiger partial charge on any atom is -0.458 e. The maximum atomic E-state index is 12.9. The van der Waals surface area contributed by atoms with Gasteiger partial charge in [0.15, 0.2) is 5.82 Å². The SMILES string of the molecule is C=CCOC(=O)C1=C(C)Nc2nc(-c3cccnc3)nn2[C@H]1c1cccc(Br)c1. The van der Waals surface area contributed by atoms with E-state index in [0.717, 1.165) is 15.6 Å². The van der Waals surface area contributed by atoms with Gasteiger partial charge in [0.25, 0.3) is 0 Å². The number of pyridine rings is 1. The van der Waals surface area contributed by atoms with Crippen molar-refractivity contribution in [3.05, 3.63) is 82.8 Å². The van der Waals surface area contributed by atoms with Gasteiger partial charge in [-0.3, -0.25) is 4.98 Å². The van der Waals surface area contributed by atoms with E-state index in [1.165, 1.54) is 0 Å². The number of halogens is 1. The molecule has 0 saturated heterocycles. The number of esters is 1. The average molecular weight is 452 g/mol. The number of benzene rings is 1. The van der Waals surface area contributed by atoms with Crippen LogP contribution in [0.2, 0.25) is 0 Å². The molecule has 7 nitrogen and oxygen atoms in total. The van der Waals surface area contributed by atoms with Crippen LogP contribution in [-0.2, 0) is 9.53 Å². The van der Waals surface area contributed by atoms with Crippen LogP contribution in [0.25, 0.3) is 11.4 Å². The second-order valence-corrected chi connectivity index (χ2v) is 7.37. The van der Waals surface area contributed by atoms with Crippen molar-refractivity contribution in [2.24, 2.45) is 0 Å². The standard InChI is InChI=1S/C21H18BrN5O2/c1-3-10-29-20(28)17-13(2)24-21-25-19(15-7-5-9-23-12-15)26-27(21)18(17)14-6-4-8-16(22)11-14/h3-9,11-12,18H,1,10H2,2H3,(H,24,25,26)/t18-/m0/s1. The normalized spacial score (nSPS) is 15.4. The summed E-state index contributed by atoms with van der Waals surface area (Å²) in [5.41, 5.74) is 2.81. The number of hydrogen-bond donors (Lipinski definition) is 1. The van der Waals surface area contributed by atoms with Gasteiger partial charge in [-0.25, -0.2) is 9.48 Å². The maximum absolute atomic E-state index is 12.9. The summed E-state index contributed by atoms with van der Waals surface area (Å²) in [6, 6.07) is 11.0. The van der Waals surface area contributed by atoms with Crippen LogP contribution in [-0.4, -0.2) is 32.3 Å². The molecule has 146 valence electrons. The van der Waals surface area contributed by atoms with E-state index in [4.69, 9.17) is 4.74 Å². The van der Waals surface area contributed by atoms with Crippen molar-refractivity contribution in [1.82, 2.24) is 19.7 Å². The molecular weight excluding hydrogens is 434 g/mol. The van der Waals surface area contributed by atoms with Crippen LogP contribution in [0.1, 0.15) is 18.5 Å². The van der Waals surface area contributed by atoms with Crippen molar-refractivity contribution in [3.63, 3.8) is 0 Å². The predicted molar refractivity (Wildman–Crippen MR) is 113 cm³/mol. The maximum Gasteiger partial charge on any atom is 0.338 e. The molecule has 0 radical (unpaired) electrons. The minimum absolute atomic E-state index is 0.131. The molecule has 0 amide bonds. The fourth-order valence-corrected chi connectivity index (χ4v) is 3.65. The van der Waals surface area contributed by atoms with Gasteiger partial charge in [0.1, 0.15) is 12.6 Å². The Bertz CT molecular complexity index is 1110. The second-order valence-electron chi connectivity index (χ2n) is 6.45. The Hall–Kier alpha value is -3.26. The molecule has 3 heterocycles. The summed E-state index contributed by atoms with van der Waals surface area (Å²) in [6.07, 6.45) is 4.94. The molecule has 2 aromatic heterocycles. The van der Waals surface area contributed by atoms with Crippen LogP contribution in [0.4, 0.5) is 5.95 Å². The Morgan fingerprint density at radius 1 is 1.38 bits per heavy atom. The van der Waals surface area contributed by atoms with E-state index in [-0.39, 0.29) is 6.61 Å². The van der Waals surface area contributed by atoms with Gasteiger partial charge in [-0.1, -0.05) is 40.7 Å². The number of carbonyl (C=O) groups is 1. The van der Waals surface area contributed by atoms with Crippen LogP contribution in [0.5, 0.6) is 0 Å². The number of aromatic nitrogens is 4. The molecule has 1 aliphatic rings. The third-order valence-electron chi connectivity index (χ3n) is 4.49. The average Bonchev–Trinajstić information content (AvgIpc) is 3.15. The van der Waals surface area contributed by atoms with E-state index in [9.17, 15) is 4.79 Å². The van der Waals surface area contributed by atoms with E-state index >= 15 is 0 Å². The summed E-state index contributed by atoms with van der Waals surface area (Å²) >= 11 is 3.51. The lowest BCUT2D eigenvalue weighted by atomic mass is 9.96. The lowest BCUT2D eigenvalue weighted by molar-refractivity contribution is -0.138. The number of carbonyl (C=O) groups excluding carboxylic acids is 1. The monoisotopic (exact) mass is 451 g/mol. The molecule has 0 saturated carbocycles. The summed E-state index contributed by atoms with van der Waals surface area (Å²) in [6.45, 7) is 5.57. The quantitative estimate of drug-likeness (QED) is 0.463. The number of fused-ring (bicyclic) bond motifs is 1. The van der Waals surface area contributed by atoms with Crippen molar-refractivity contribution >= 4 is 27.8 Å². The van der Waals surface area contributed by atoms with Crippen molar-refractivity contribution in [1.29, 1.82) is 0 Å². The molecule has 4 rings (SSSR count). The first-order valence-electron chi connectivity index (χ1n) is 8.96. The van der Waals surface area contributed by atoms with Crippen molar-refractivity contribution in [3.8, 4) is 11.4 Å². The van der Waals surface area contributed by atoms with Gasteiger partial charge < -0.3 is 10.1 Å². The van der Waals surface area contributed by atoms with Crippen LogP contribution in [0.3, 0.4) is 0 Å². The Balaban J connectivity index is 1.85. The summed E-state index contributed by atoms with van der Waals surface area (Å²) in [4.78, 5) is 21.6. The zero-order chi connectivity index (χ0) is 20.4. The van der Waals surface area contributed by atoms with Crippen molar-refractivity contribution < 1.29 is 9.53 Å². The van der Waals surface area contributed by atoms with Gasteiger partial charge in [-0.05, 0) is 36.8 Å². The van der Waals surface area contributed by atoms with Gasteiger partial charge in [-0.15, -0.1) is 5.10 Å². The molecular formula is C21H18BrN5O2. The van der Waals surface area contributed by atoms with Gasteiger partial charge in [0, 0.05) is 28.1 Å². The molecule has 1 atom stereocenters.